The molecule has 0 aliphatic carbocycles. The lowest BCUT2D eigenvalue weighted by atomic mass is 9.92. The van der Waals surface area contributed by atoms with Crippen molar-refractivity contribution in [2.75, 3.05) is 26.4 Å². The van der Waals surface area contributed by atoms with Crippen molar-refractivity contribution in [1.29, 1.82) is 0 Å². The molecule has 0 saturated carbocycles. The summed E-state index contributed by atoms with van der Waals surface area (Å²) in [7, 11) is 0. The van der Waals surface area contributed by atoms with Crippen molar-refractivity contribution in [3.05, 3.63) is 35.9 Å². The highest BCUT2D eigenvalue weighted by Crippen LogP contribution is 2.20. The monoisotopic (exact) mass is 307 g/mol. The molecule has 1 aromatic carbocycles. The molecule has 1 unspecified atom stereocenters. The summed E-state index contributed by atoms with van der Waals surface area (Å²) in [6, 6.07) is 9.75. The lowest BCUT2D eigenvalue weighted by Crippen LogP contribution is -2.33. The van der Waals surface area contributed by atoms with Gasteiger partial charge in [-0.15, -0.1) is 0 Å². The van der Waals surface area contributed by atoms with E-state index >= 15 is 0 Å². The minimum Gasteiger partial charge on any atom is -0.393 e. The van der Waals surface area contributed by atoms with Crippen LogP contribution < -0.4 is 5.32 Å². The van der Waals surface area contributed by atoms with Gasteiger partial charge in [0, 0.05) is 19.8 Å². The molecule has 0 aromatic heterocycles. The van der Waals surface area contributed by atoms with Crippen LogP contribution in [0, 0.1) is 5.92 Å². The van der Waals surface area contributed by atoms with Gasteiger partial charge in [0.25, 0.3) is 0 Å². The highest BCUT2D eigenvalue weighted by atomic mass is 16.5. The molecule has 5 heteroatoms. The van der Waals surface area contributed by atoms with E-state index in [1.165, 1.54) is 0 Å². The Balaban J connectivity index is 1.53. The second kappa shape index (κ2) is 9.56. The molecule has 1 aliphatic rings. The zero-order valence-electron chi connectivity index (χ0n) is 12.9. The zero-order valence-corrected chi connectivity index (χ0v) is 12.9. The fourth-order valence-electron chi connectivity index (χ4n) is 2.58. The number of carbonyl (C=O) groups is 1. The first-order chi connectivity index (χ1) is 10.8. The summed E-state index contributed by atoms with van der Waals surface area (Å²) in [6.45, 7) is 2.40. The SMILES string of the molecule is O=C(COCc1ccccc1)NCCC(O)C1CCOCC1. The number of amides is 1. The lowest BCUT2D eigenvalue weighted by Gasteiger charge is -2.26. The largest absolute Gasteiger partial charge is 0.393 e. The molecule has 0 spiro atoms. The highest BCUT2D eigenvalue weighted by Gasteiger charge is 2.21. The fourth-order valence-corrected chi connectivity index (χ4v) is 2.58. The molecule has 0 radical (unpaired) electrons. The lowest BCUT2D eigenvalue weighted by molar-refractivity contribution is -0.126. The first-order valence-electron chi connectivity index (χ1n) is 7.90. The number of rotatable bonds is 8. The van der Waals surface area contributed by atoms with Crippen LogP contribution in [-0.2, 0) is 20.9 Å². The number of aliphatic hydroxyl groups excluding tert-OH is 1. The molecule has 1 fully saturated rings. The summed E-state index contributed by atoms with van der Waals surface area (Å²) in [5.41, 5.74) is 1.05. The molecule has 1 heterocycles. The second-order valence-electron chi connectivity index (χ2n) is 5.63. The van der Waals surface area contributed by atoms with Crippen molar-refractivity contribution >= 4 is 5.91 Å². The van der Waals surface area contributed by atoms with E-state index in [2.05, 4.69) is 5.32 Å². The van der Waals surface area contributed by atoms with E-state index in [-0.39, 0.29) is 18.6 Å². The molecule has 0 bridgehead atoms. The van der Waals surface area contributed by atoms with Crippen LogP contribution in [0.3, 0.4) is 0 Å². The standard InChI is InChI=1S/C17H25NO4/c19-16(15-7-10-21-11-8-15)6-9-18-17(20)13-22-12-14-4-2-1-3-5-14/h1-5,15-16,19H,6-13H2,(H,18,20). The fraction of sp³-hybridized carbons (Fsp3) is 0.588. The van der Waals surface area contributed by atoms with E-state index < -0.39 is 0 Å². The predicted molar refractivity (Wildman–Crippen MR) is 83.3 cm³/mol. The maximum absolute atomic E-state index is 11.7. The average Bonchev–Trinajstić information content (AvgIpc) is 2.56. The van der Waals surface area contributed by atoms with Crippen molar-refractivity contribution < 1.29 is 19.4 Å². The first kappa shape index (κ1) is 16.9. The van der Waals surface area contributed by atoms with E-state index in [0.717, 1.165) is 31.6 Å². The van der Waals surface area contributed by atoms with Crippen molar-refractivity contribution in [1.82, 2.24) is 5.32 Å². The molecule has 1 aliphatic heterocycles. The van der Waals surface area contributed by atoms with Crippen molar-refractivity contribution in [3.63, 3.8) is 0 Å². The van der Waals surface area contributed by atoms with Gasteiger partial charge >= 0.3 is 0 Å². The van der Waals surface area contributed by atoms with Gasteiger partial charge in [-0.25, -0.2) is 0 Å². The molecule has 1 atom stereocenters. The predicted octanol–water partition coefficient (Wildman–Crippen LogP) is 1.50. The number of ether oxygens (including phenoxy) is 2. The third kappa shape index (κ3) is 6.13. The van der Waals surface area contributed by atoms with Crippen LogP contribution in [0.2, 0.25) is 0 Å². The Hall–Kier alpha value is -1.43. The van der Waals surface area contributed by atoms with Crippen LogP contribution in [0.15, 0.2) is 30.3 Å². The molecule has 2 N–H and O–H groups in total. The molecule has 1 amide bonds. The summed E-state index contributed by atoms with van der Waals surface area (Å²) in [4.78, 5) is 11.7. The topological polar surface area (TPSA) is 67.8 Å². The molecule has 122 valence electrons. The number of hydrogen-bond acceptors (Lipinski definition) is 4. The quantitative estimate of drug-likeness (QED) is 0.764. The number of hydrogen-bond donors (Lipinski definition) is 2. The molecule has 1 aromatic rings. The second-order valence-corrected chi connectivity index (χ2v) is 5.63. The number of aliphatic hydroxyl groups is 1. The summed E-state index contributed by atoms with van der Waals surface area (Å²) in [5, 5.41) is 12.9. The summed E-state index contributed by atoms with van der Waals surface area (Å²) < 4.78 is 10.6. The Bertz CT molecular complexity index is 432. The summed E-state index contributed by atoms with van der Waals surface area (Å²) >= 11 is 0. The summed E-state index contributed by atoms with van der Waals surface area (Å²) in [6.07, 6.45) is 2.01. The third-order valence-corrected chi connectivity index (χ3v) is 3.92. The summed E-state index contributed by atoms with van der Waals surface area (Å²) in [5.74, 6) is 0.148. The van der Waals surface area contributed by atoms with Gasteiger partial charge in [0.2, 0.25) is 5.91 Å². The first-order valence-corrected chi connectivity index (χ1v) is 7.90. The van der Waals surface area contributed by atoms with Crippen LogP contribution in [0.5, 0.6) is 0 Å². The van der Waals surface area contributed by atoms with Gasteiger partial charge in [0.05, 0.1) is 12.7 Å². The van der Waals surface area contributed by atoms with Crippen molar-refractivity contribution in [3.8, 4) is 0 Å². The van der Waals surface area contributed by atoms with Crippen LogP contribution in [0.1, 0.15) is 24.8 Å². The Labute approximate surface area is 131 Å². The van der Waals surface area contributed by atoms with E-state index in [1.807, 2.05) is 30.3 Å². The van der Waals surface area contributed by atoms with Gasteiger partial charge in [-0.2, -0.15) is 0 Å². The van der Waals surface area contributed by atoms with Gasteiger partial charge < -0.3 is 19.9 Å². The maximum Gasteiger partial charge on any atom is 0.246 e. The minimum atomic E-state index is -0.366. The normalized spacial score (nSPS) is 17.1. The van der Waals surface area contributed by atoms with Crippen LogP contribution in [-0.4, -0.2) is 43.5 Å². The van der Waals surface area contributed by atoms with E-state index in [9.17, 15) is 9.90 Å². The Morgan fingerprint density at radius 2 is 2.05 bits per heavy atom. The molecule has 5 nitrogen and oxygen atoms in total. The molecule has 2 rings (SSSR count). The Morgan fingerprint density at radius 1 is 1.32 bits per heavy atom. The van der Waals surface area contributed by atoms with Crippen LogP contribution >= 0.6 is 0 Å². The van der Waals surface area contributed by atoms with E-state index in [1.54, 1.807) is 0 Å². The van der Waals surface area contributed by atoms with Gasteiger partial charge in [-0.05, 0) is 30.7 Å². The number of nitrogens with one attached hydrogen (secondary N) is 1. The van der Waals surface area contributed by atoms with Crippen molar-refractivity contribution in [2.24, 2.45) is 5.92 Å². The molecular formula is C17H25NO4. The highest BCUT2D eigenvalue weighted by molar-refractivity contribution is 5.77. The van der Waals surface area contributed by atoms with E-state index in [4.69, 9.17) is 9.47 Å². The Kier molecular flexibility index (Phi) is 7.36. The van der Waals surface area contributed by atoms with E-state index in [0.29, 0.717) is 25.5 Å². The zero-order chi connectivity index (χ0) is 15.6. The minimum absolute atomic E-state index is 0.0439. The Morgan fingerprint density at radius 3 is 2.77 bits per heavy atom. The molecular weight excluding hydrogens is 282 g/mol. The van der Waals surface area contributed by atoms with Crippen LogP contribution in [0.4, 0.5) is 0 Å². The van der Waals surface area contributed by atoms with Gasteiger partial charge in [-0.3, -0.25) is 4.79 Å². The smallest absolute Gasteiger partial charge is 0.246 e. The van der Waals surface area contributed by atoms with Gasteiger partial charge in [0.1, 0.15) is 6.61 Å². The molecule has 1 saturated heterocycles. The van der Waals surface area contributed by atoms with Gasteiger partial charge in [-0.1, -0.05) is 30.3 Å². The number of carbonyl (C=O) groups excluding carboxylic acids is 1. The average molecular weight is 307 g/mol. The van der Waals surface area contributed by atoms with Crippen LogP contribution in [0.25, 0.3) is 0 Å². The van der Waals surface area contributed by atoms with Crippen molar-refractivity contribution in [2.45, 2.75) is 32.0 Å². The number of benzene rings is 1. The molecule has 22 heavy (non-hydrogen) atoms. The maximum atomic E-state index is 11.7. The third-order valence-electron chi connectivity index (χ3n) is 3.92. The van der Waals surface area contributed by atoms with Gasteiger partial charge in [0.15, 0.2) is 0 Å².